The van der Waals surface area contributed by atoms with Gasteiger partial charge < -0.3 is 19.3 Å². The number of nitrogens with zero attached hydrogens (tertiary/aromatic N) is 4. The Morgan fingerprint density at radius 2 is 1.98 bits per heavy atom. The Balaban J connectivity index is 1.10. The number of urea groups is 1. The number of aromatic nitrogens is 3. The van der Waals surface area contributed by atoms with Crippen molar-refractivity contribution in [3.63, 3.8) is 0 Å². The number of ether oxygens (including phenoxy) is 2. The van der Waals surface area contributed by atoms with Crippen molar-refractivity contribution in [2.24, 2.45) is 0 Å². The average molecular weight is 561 g/mol. The van der Waals surface area contributed by atoms with E-state index in [4.69, 9.17) is 19.0 Å². The summed E-state index contributed by atoms with van der Waals surface area (Å²) in [6.45, 7) is 7.15. The zero-order valence-electron chi connectivity index (χ0n) is 22.4. The average Bonchev–Trinajstić information content (AvgIpc) is 3.68. The normalized spacial score (nSPS) is 14.1. The fourth-order valence-corrected chi connectivity index (χ4v) is 5.71. The highest BCUT2D eigenvalue weighted by Gasteiger charge is 2.14. The molecule has 2 amide bonds. The van der Waals surface area contributed by atoms with E-state index in [0.717, 1.165) is 89.9 Å². The molecule has 1 saturated heterocycles. The number of morpholine rings is 1. The van der Waals surface area contributed by atoms with Gasteiger partial charge in [-0.1, -0.05) is 42.0 Å². The lowest BCUT2D eigenvalue weighted by atomic mass is 10.1. The Morgan fingerprint density at radius 3 is 2.80 bits per heavy atom. The van der Waals surface area contributed by atoms with Crippen LogP contribution in [0.5, 0.6) is 5.75 Å². The number of carbonyl (C=O) groups excluding carboxylic acids is 1. The van der Waals surface area contributed by atoms with E-state index in [0.29, 0.717) is 18.1 Å². The zero-order valence-corrected chi connectivity index (χ0v) is 23.2. The number of thiazole rings is 1. The third kappa shape index (κ3) is 5.96. The largest absolute Gasteiger partial charge is 0.492 e. The van der Waals surface area contributed by atoms with Crippen LogP contribution in [0.2, 0.25) is 0 Å². The van der Waals surface area contributed by atoms with E-state index in [2.05, 4.69) is 44.1 Å². The summed E-state index contributed by atoms with van der Waals surface area (Å²) in [5.41, 5.74) is 4.47. The van der Waals surface area contributed by atoms with Crippen molar-refractivity contribution in [1.82, 2.24) is 19.4 Å². The first-order valence-electron chi connectivity index (χ1n) is 13.6. The minimum absolute atomic E-state index is 0.364. The molecule has 3 aromatic heterocycles. The van der Waals surface area contributed by atoms with Crippen molar-refractivity contribution in [1.29, 1.82) is 0 Å². The van der Waals surface area contributed by atoms with Crippen LogP contribution in [0.4, 0.5) is 16.3 Å². The number of anilines is 2. The summed E-state index contributed by atoms with van der Waals surface area (Å²) in [7, 11) is 0. The summed E-state index contributed by atoms with van der Waals surface area (Å²) in [6.07, 6.45) is 6.50. The van der Waals surface area contributed by atoms with Gasteiger partial charge in [-0.05, 0) is 37.1 Å². The molecule has 1 fully saturated rings. The van der Waals surface area contributed by atoms with E-state index >= 15 is 0 Å². The number of amides is 2. The number of aryl methyl sites for hydroxylation is 1. The van der Waals surface area contributed by atoms with E-state index in [1.54, 1.807) is 17.6 Å². The van der Waals surface area contributed by atoms with Crippen molar-refractivity contribution < 1.29 is 18.8 Å². The molecule has 0 radical (unpaired) electrons. The Hall–Kier alpha value is -3.93. The van der Waals surface area contributed by atoms with E-state index in [1.807, 2.05) is 36.5 Å². The number of hydrogen-bond acceptors (Lipinski definition) is 8. The molecule has 208 valence electrons. The van der Waals surface area contributed by atoms with E-state index in [9.17, 15) is 4.79 Å². The maximum atomic E-state index is 12.5. The lowest BCUT2D eigenvalue weighted by Crippen LogP contribution is -2.38. The Morgan fingerprint density at radius 1 is 1.12 bits per heavy atom. The molecule has 6 rings (SSSR count). The second kappa shape index (κ2) is 12.1. The lowest BCUT2D eigenvalue weighted by molar-refractivity contribution is 0.0322. The first-order valence-corrected chi connectivity index (χ1v) is 14.4. The van der Waals surface area contributed by atoms with Crippen LogP contribution >= 0.6 is 11.3 Å². The van der Waals surface area contributed by atoms with Gasteiger partial charge >= 0.3 is 6.03 Å². The van der Waals surface area contributed by atoms with Crippen molar-refractivity contribution >= 4 is 44.1 Å². The van der Waals surface area contributed by atoms with Crippen molar-refractivity contribution in [2.45, 2.75) is 26.2 Å². The molecule has 4 heterocycles. The van der Waals surface area contributed by atoms with Gasteiger partial charge in [0.1, 0.15) is 18.6 Å². The first-order chi connectivity index (χ1) is 19.7. The summed E-state index contributed by atoms with van der Waals surface area (Å²) in [5.74, 6) is 1.31. The first kappa shape index (κ1) is 26.3. The number of nitrogens with one attached hydrogen (secondary N) is 2. The molecule has 0 aliphatic carbocycles. The van der Waals surface area contributed by atoms with Gasteiger partial charge in [0.05, 0.1) is 29.1 Å². The van der Waals surface area contributed by atoms with Crippen LogP contribution < -0.4 is 15.4 Å². The molecular weight excluding hydrogens is 528 g/mol. The van der Waals surface area contributed by atoms with Crippen LogP contribution in [-0.2, 0) is 11.2 Å². The zero-order chi connectivity index (χ0) is 27.3. The number of carbonyl (C=O) groups is 1. The number of rotatable bonds is 10. The fourth-order valence-electron chi connectivity index (χ4n) is 4.72. The van der Waals surface area contributed by atoms with Crippen LogP contribution in [0.3, 0.4) is 0 Å². The Bertz CT molecular complexity index is 1590. The van der Waals surface area contributed by atoms with Gasteiger partial charge in [-0.3, -0.25) is 14.6 Å². The summed E-state index contributed by atoms with van der Waals surface area (Å²) in [4.78, 5) is 20.6. The molecule has 40 heavy (non-hydrogen) atoms. The molecule has 0 spiro atoms. The molecule has 11 heteroatoms. The second-order valence-electron chi connectivity index (χ2n) is 9.76. The number of benzene rings is 2. The highest BCUT2D eigenvalue weighted by molar-refractivity contribution is 7.23. The second-order valence-corrected chi connectivity index (χ2v) is 10.8. The Labute approximate surface area is 235 Å². The molecule has 0 atom stereocenters. The van der Waals surface area contributed by atoms with Crippen LogP contribution in [0.1, 0.15) is 25.3 Å². The summed E-state index contributed by atoms with van der Waals surface area (Å²) < 4.78 is 19.8. The predicted molar refractivity (Wildman–Crippen MR) is 157 cm³/mol. The summed E-state index contributed by atoms with van der Waals surface area (Å²) in [5, 5.41) is 9.54. The van der Waals surface area contributed by atoms with Crippen molar-refractivity contribution in [3.05, 3.63) is 60.5 Å². The monoisotopic (exact) mass is 560 g/mol. The molecule has 0 bridgehead atoms. The highest BCUT2D eigenvalue weighted by Crippen LogP contribution is 2.32. The Kier molecular flexibility index (Phi) is 7.94. The number of fused-ring (bicyclic) bond motifs is 3. The highest BCUT2D eigenvalue weighted by atomic mass is 32.1. The van der Waals surface area contributed by atoms with Crippen LogP contribution in [0.25, 0.3) is 26.4 Å². The van der Waals surface area contributed by atoms with Gasteiger partial charge in [-0.15, -0.1) is 0 Å². The number of imidazole rings is 1. The number of unbranched alkanes of at least 4 members (excludes halogenated alkanes) is 1. The van der Waals surface area contributed by atoms with Crippen molar-refractivity contribution in [2.75, 3.05) is 50.1 Å². The minimum Gasteiger partial charge on any atom is -0.492 e. The maximum Gasteiger partial charge on any atom is 0.324 e. The van der Waals surface area contributed by atoms with Gasteiger partial charge in [0.15, 0.2) is 10.8 Å². The number of hydrogen-bond donors (Lipinski definition) is 2. The smallest absolute Gasteiger partial charge is 0.324 e. The molecule has 1 aliphatic rings. The standard InChI is InChI=1S/C29H32N6O4S/c1-2-3-4-21-19-39-33-27(21)32-28(36)30-22-7-5-20(6-8-22)24-18-35-25-17-23(9-10-26(25)40-29(35)31-24)38-16-13-34-11-14-37-15-12-34/h5-10,17-19H,2-4,11-16H2,1H3,(H2,30,32,33,36). The maximum absolute atomic E-state index is 12.5. The SMILES string of the molecule is CCCCc1conc1NC(=O)Nc1ccc(-c2cn3c(n2)sc2ccc(OCCN4CCOCC4)cc23)cc1. The van der Waals surface area contributed by atoms with Gasteiger partial charge in [-0.25, -0.2) is 9.78 Å². The van der Waals surface area contributed by atoms with Crippen molar-refractivity contribution in [3.8, 4) is 17.0 Å². The summed E-state index contributed by atoms with van der Waals surface area (Å²) >= 11 is 1.65. The molecule has 2 aromatic carbocycles. The van der Waals surface area contributed by atoms with Crippen LogP contribution in [0.15, 0.2) is 59.4 Å². The topological polar surface area (TPSA) is 106 Å². The molecular formula is C29H32N6O4S. The van der Waals surface area contributed by atoms with Crippen LogP contribution in [-0.4, -0.2) is 64.9 Å². The van der Waals surface area contributed by atoms with Crippen LogP contribution in [0, 0.1) is 0 Å². The fraction of sp³-hybridized carbons (Fsp3) is 0.345. The summed E-state index contributed by atoms with van der Waals surface area (Å²) in [6, 6.07) is 13.5. The lowest BCUT2D eigenvalue weighted by Gasteiger charge is -2.26. The van der Waals surface area contributed by atoms with E-state index in [1.165, 1.54) is 0 Å². The van der Waals surface area contributed by atoms with Gasteiger partial charge in [0.25, 0.3) is 0 Å². The third-order valence-corrected chi connectivity index (χ3v) is 7.99. The molecule has 2 N–H and O–H groups in total. The molecule has 0 saturated carbocycles. The molecule has 1 aliphatic heterocycles. The molecule has 5 aromatic rings. The third-order valence-electron chi connectivity index (χ3n) is 6.96. The molecule has 0 unspecified atom stereocenters. The van der Waals surface area contributed by atoms with Gasteiger partial charge in [-0.2, -0.15) is 0 Å². The predicted octanol–water partition coefficient (Wildman–Crippen LogP) is 5.90. The van der Waals surface area contributed by atoms with Gasteiger partial charge in [0, 0.05) is 48.7 Å². The molecule has 10 nitrogen and oxygen atoms in total. The minimum atomic E-state index is -0.364. The quantitative estimate of drug-likeness (QED) is 0.219. The van der Waals surface area contributed by atoms with E-state index < -0.39 is 0 Å². The van der Waals surface area contributed by atoms with Gasteiger partial charge in [0.2, 0.25) is 0 Å². The van der Waals surface area contributed by atoms with E-state index in [-0.39, 0.29) is 6.03 Å².